The van der Waals surface area contributed by atoms with Gasteiger partial charge in [0.05, 0.1) is 5.69 Å². The van der Waals surface area contributed by atoms with E-state index in [9.17, 15) is 24.2 Å². The Kier molecular flexibility index (Phi) is 6.43. The highest BCUT2D eigenvalue weighted by molar-refractivity contribution is 5.92. The van der Waals surface area contributed by atoms with Crippen LogP contribution in [0, 0.1) is 0 Å². The molecular weight excluding hydrogens is 425 g/mol. The number of carbonyl (C=O) groups is 1. The number of aromatic amines is 1. The van der Waals surface area contributed by atoms with Crippen molar-refractivity contribution in [3.8, 4) is 17.0 Å². The van der Waals surface area contributed by atoms with Crippen LogP contribution in [0.5, 0.6) is 5.75 Å². The molecule has 3 aromatic rings. The predicted molar refractivity (Wildman–Crippen MR) is 119 cm³/mol. The minimum absolute atomic E-state index is 0. The van der Waals surface area contributed by atoms with Crippen molar-refractivity contribution < 1.29 is 19.4 Å². The summed E-state index contributed by atoms with van der Waals surface area (Å²) in [5, 5.41) is 20.6. The maximum Gasteiger partial charge on any atom is 0.345 e. The van der Waals surface area contributed by atoms with Gasteiger partial charge in [0.15, 0.2) is 5.56 Å². The van der Waals surface area contributed by atoms with Gasteiger partial charge < -0.3 is 19.8 Å². The fourth-order valence-corrected chi connectivity index (χ4v) is 4.29. The van der Waals surface area contributed by atoms with Crippen LogP contribution >= 0.6 is 12.4 Å². The Bertz CT molecular complexity index is 1200. The van der Waals surface area contributed by atoms with Gasteiger partial charge in [0.2, 0.25) is 0 Å². The molecule has 0 bridgehead atoms. The maximum absolute atomic E-state index is 13.5. The smallest absolute Gasteiger partial charge is 0.345 e. The lowest BCUT2D eigenvalue weighted by atomic mass is 9.99. The Labute approximate surface area is 184 Å². The fraction of sp³-hybridized carbons (Fsp3) is 0.364. The monoisotopic (exact) mass is 449 g/mol. The number of aryl methyl sites for hydroxylation is 1. The number of hydrogen-bond donors (Lipinski definition) is 3. The van der Waals surface area contributed by atoms with Gasteiger partial charge in [0.25, 0.3) is 5.56 Å². The van der Waals surface area contributed by atoms with E-state index in [4.69, 9.17) is 0 Å². The summed E-state index contributed by atoms with van der Waals surface area (Å²) in [6.07, 6.45) is 0.157. The fourth-order valence-electron chi connectivity index (χ4n) is 4.29. The quantitative estimate of drug-likeness (QED) is 0.554. The molecule has 1 aliphatic rings. The van der Waals surface area contributed by atoms with Crippen LogP contribution in [0.4, 0.5) is 4.39 Å². The van der Waals surface area contributed by atoms with E-state index in [1.54, 1.807) is 6.92 Å². The number of halogens is 2. The van der Waals surface area contributed by atoms with Crippen molar-refractivity contribution in [1.29, 1.82) is 0 Å². The zero-order chi connectivity index (χ0) is 21.6. The number of rotatable bonds is 5. The van der Waals surface area contributed by atoms with Crippen LogP contribution < -0.4 is 5.56 Å². The zero-order valence-corrected chi connectivity index (χ0v) is 18.1. The first-order chi connectivity index (χ1) is 14.3. The van der Waals surface area contributed by atoms with Crippen molar-refractivity contribution in [2.75, 3.05) is 13.1 Å². The van der Waals surface area contributed by atoms with E-state index < -0.39 is 29.0 Å². The maximum atomic E-state index is 13.5. The third kappa shape index (κ3) is 4.05. The number of pyridine rings is 1. The van der Waals surface area contributed by atoms with Crippen molar-refractivity contribution >= 4 is 29.3 Å². The van der Waals surface area contributed by atoms with Crippen LogP contribution in [0.15, 0.2) is 29.1 Å². The first kappa shape index (κ1) is 22.8. The van der Waals surface area contributed by atoms with E-state index in [1.165, 1.54) is 0 Å². The van der Waals surface area contributed by atoms with Crippen LogP contribution in [0.3, 0.4) is 0 Å². The Morgan fingerprint density at radius 1 is 1.32 bits per heavy atom. The molecule has 1 saturated heterocycles. The van der Waals surface area contributed by atoms with Gasteiger partial charge in [-0.25, -0.2) is 9.18 Å². The molecule has 4 rings (SSSR count). The number of carboxylic acids is 1. The molecule has 0 amide bonds. The number of aromatic nitrogens is 2. The minimum atomic E-state index is -1.46. The number of aromatic carboxylic acids is 1. The summed E-state index contributed by atoms with van der Waals surface area (Å²) >= 11 is 0. The van der Waals surface area contributed by atoms with Gasteiger partial charge in [0, 0.05) is 48.8 Å². The topological polar surface area (TPSA) is 98.6 Å². The van der Waals surface area contributed by atoms with Gasteiger partial charge in [-0.3, -0.25) is 9.69 Å². The van der Waals surface area contributed by atoms with Crippen molar-refractivity contribution in [3.63, 3.8) is 0 Å². The minimum Gasteiger partial charge on any atom is -0.506 e. The van der Waals surface area contributed by atoms with E-state index in [2.05, 4.69) is 14.5 Å². The number of aromatic hydroxyl groups is 1. The number of benzene rings is 1. The molecule has 3 heterocycles. The average Bonchev–Trinajstić information content (AvgIpc) is 3.24. The van der Waals surface area contributed by atoms with Crippen LogP contribution in [0.1, 0.15) is 35.0 Å². The Hall–Kier alpha value is -2.84. The molecule has 0 aliphatic carbocycles. The lowest BCUT2D eigenvalue weighted by molar-refractivity contribution is 0.0691. The number of nitrogens with zero attached hydrogens (tertiary/aromatic N) is 2. The van der Waals surface area contributed by atoms with Crippen LogP contribution in [0.25, 0.3) is 22.2 Å². The Morgan fingerprint density at radius 2 is 2.06 bits per heavy atom. The largest absolute Gasteiger partial charge is 0.506 e. The lowest BCUT2D eigenvalue weighted by Crippen LogP contribution is -2.21. The molecule has 1 aliphatic heterocycles. The van der Waals surface area contributed by atoms with Gasteiger partial charge >= 0.3 is 5.97 Å². The molecule has 0 radical (unpaired) electrons. The number of hydrogen-bond acceptors (Lipinski definition) is 4. The first-order valence-electron chi connectivity index (χ1n) is 9.96. The molecule has 1 fully saturated rings. The molecular formula is C22H25ClFN3O4. The van der Waals surface area contributed by atoms with E-state index in [0.29, 0.717) is 42.8 Å². The lowest BCUT2D eigenvalue weighted by Gasteiger charge is -2.15. The molecule has 1 aromatic carbocycles. The summed E-state index contributed by atoms with van der Waals surface area (Å²) < 4.78 is 15.6. The van der Waals surface area contributed by atoms with Crippen molar-refractivity contribution in [1.82, 2.24) is 14.5 Å². The van der Waals surface area contributed by atoms with Crippen LogP contribution in [-0.2, 0) is 20.0 Å². The normalized spacial score (nSPS) is 16.5. The van der Waals surface area contributed by atoms with E-state index in [-0.39, 0.29) is 12.4 Å². The van der Waals surface area contributed by atoms with Gasteiger partial charge in [0.1, 0.15) is 11.9 Å². The Morgan fingerprint density at radius 3 is 2.68 bits per heavy atom. The second kappa shape index (κ2) is 8.72. The molecule has 7 nitrogen and oxygen atoms in total. The molecule has 31 heavy (non-hydrogen) atoms. The third-order valence-corrected chi connectivity index (χ3v) is 5.89. The van der Waals surface area contributed by atoms with Crippen molar-refractivity contribution in [3.05, 3.63) is 51.4 Å². The second-order valence-electron chi connectivity index (χ2n) is 7.78. The highest BCUT2D eigenvalue weighted by Crippen LogP contribution is 2.32. The average molecular weight is 450 g/mol. The summed E-state index contributed by atoms with van der Waals surface area (Å²) in [7, 11) is 1.97. The van der Waals surface area contributed by atoms with E-state index >= 15 is 0 Å². The number of carboxylic acid groups (broad SMARTS) is 1. The standard InChI is InChI=1S/C22H24FN3O4.ClH/c1-3-16-19(24-21(28)18(20(16)27)22(29)30)12-4-5-17-13(8-12)9-15(25(17)2)11-26-7-6-14(23)10-26;/h4-5,8-9,14H,3,6-7,10-11H2,1-2H3,(H,29,30)(H2,24,27,28);1H/t14-;/m1./s1. The molecule has 0 unspecified atom stereocenters. The highest BCUT2D eigenvalue weighted by atomic mass is 35.5. The number of fused-ring (bicyclic) bond motifs is 1. The molecule has 1 atom stereocenters. The van der Waals surface area contributed by atoms with E-state index in [0.717, 1.165) is 23.1 Å². The summed E-state index contributed by atoms with van der Waals surface area (Å²) in [5.74, 6) is -1.96. The summed E-state index contributed by atoms with van der Waals surface area (Å²) in [6, 6.07) is 7.71. The number of H-pyrrole nitrogens is 1. The number of nitrogens with one attached hydrogen (secondary N) is 1. The van der Waals surface area contributed by atoms with Gasteiger partial charge in [-0.05, 0) is 36.6 Å². The highest BCUT2D eigenvalue weighted by Gasteiger charge is 2.24. The molecule has 2 aromatic heterocycles. The first-order valence-corrected chi connectivity index (χ1v) is 9.96. The summed E-state index contributed by atoms with van der Waals surface area (Å²) in [5.41, 5.74) is 2.06. The van der Waals surface area contributed by atoms with E-state index in [1.807, 2.05) is 31.3 Å². The third-order valence-electron chi connectivity index (χ3n) is 5.89. The predicted octanol–water partition coefficient (Wildman–Crippen LogP) is 3.47. The second-order valence-corrected chi connectivity index (χ2v) is 7.78. The van der Waals surface area contributed by atoms with Crippen LogP contribution in [-0.4, -0.2) is 49.9 Å². The zero-order valence-electron chi connectivity index (χ0n) is 17.3. The van der Waals surface area contributed by atoms with Crippen molar-refractivity contribution in [2.24, 2.45) is 7.05 Å². The van der Waals surface area contributed by atoms with Gasteiger partial charge in [-0.1, -0.05) is 13.0 Å². The number of likely N-dealkylation sites (tertiary alicyclic amines) is 1. The van der Waals surface area contributed by atoms with Crippen LogP contribution in [0.2, 0.25) is 0 Å². The SMILES string of the molecule is CCc1c(-c2ccc3c(c2)cc(CN2CC[C@@H](F)C2)n3C)[nH]c(=O)c(C(=O)O)c1O.Cl. The molecule has 166 valence electrons. The Balaban J connectivity index is 0.00000272. The van der Waals surface area contributed by atoms with Gasteiger partial charge in [-0.2, -0.15) is 0 Å². The summed E-state index contributed by atoms with van der Waals surface area (Å²) in [6.45, 7) is 3.63. The number of alkyl halides is 1. The molecule has 0 saturated carbocycles. The molecule has 9 heteroatoms. The molecule has 0 spiro atoms. The van der Waals surface area contributed by atoms with Gasteiger partial charge in [-0.15, -0.1) is 12.4 Å². The molecule has 3 N–H and O–H groups in total. The van der Waals surface area contributed by atoms with Crippen molar-refractivity contribution in [2.45, 2.75) is 32.5 Å². The summed E-state index contributed by atoms with van der Waals surface area (Å²) in [4.78, 5) is 28.3.